The molecule has 3 nitrogen and oxygen atoms in total. The SMILES string of the molecule is CC1(NC(=O)C2CSCN2)CC1. The van der Waals surface area contributed by atoms with E-state index in [-0.39, 0.29) is 17.5 Å². The van der Waals surface area contributed by atoms with E-state index in [1.807, 2.05) is 0 Å². The zero-order valence-electron chi connectivity index (χ0n) is 7.22. The van der Waals surface area contributed by atoms with Crippen molar-refractivity contribution in [1.82, 2.24) is 10.6 Å². The predicted molar refractivity (Wildman–Crippen MR) is 50.0 cm³/mol. The fraction of sp³-hybridized carbons (Fsp3) is 0.875. The Morgan fingerprint density at radius 2 is 2.42 bits per heavy atom. The molecule has 0 aromatic carbocycles. The normalized spacial score (nSPS) is 31.6. The van der Waals surface area contributed by atoms with Gasteiger partial charge in [-0.1, -0.05) is 0 Å². The molecule has 0 aromatic rings. The number of carbonyl (C=O) groups excluding carboxylic acids is 1. The van der Waals surface area contributed by atoms with Crippen molar-refractivity contribution in [3.05, 3.63) is 0 Å². The van der Waals surface area contributed by atoms with Crippen molar-refractivity contribution in [3.63, 3.8) is 0 Å². The number of thioether (sulfide) groups is 1. The highest BCUT2D eigenvalue weighted by Gasteiger charge is 2.40. The molecule has 2 fully saturated rings. The zero-order valence-corrected chi connectivity index (χ0v) is 8.04. The largest absolute Gasteiger partial charge is 0.350 e. The first-order chi connectivity index (χ1) is 5.70. The van der Waals surface area contributed by atoms with Gasteiger partial charge in [-0.25, -0.2) is 0 Å². The van der Waals surface area contributed by atoms with Gasteiger partial charge in [0.2, 0.25) is 5.91 Å². The maximum absolute atomic E-state index is 11.5. The van der Waals surface area contributed by atoms with Gasteiger partial charge in [0.05, 0.1) is 6.04 Å². The Hall–Kier alpha value is -0.220. The van der Waals surface area contributed by atoms with Gasteiger partial charge in [0.1, 0.15) is 0 Å². The summed E-state index contributed by atoms with van der Waals surface area (Å²) in [6.45, 7) is 2.10. The summed E-state index contributed by atoms with van der Waals surface area (Å²) in [6.07, 6.45) is 2.28. The summed E-state index contributed by atoms with van der Waals surface area (Å²) in [6, 6.07) is 0.0485. The molecule has 0 bridgehead atoms. The van der Waals surface area contributed by atoms with Gasteiger partial charge < -0.3 is 5.32 Å². The van der Waals surface area contributed by atoms with Gasteiger partial charge in [0.15, 0.2) is 0 Å². The number of hydrogen-bond acceptors (Lipinski definition) is 3. The molecule has 1 saturated heterocycles. The van der Waals surface area contributed by atoms with Crippen LogP contribution in [0.4, 0.5) is 0 Å². The summed E-state index contributed by atoms with van der Waals surface area (Å²) in [5, 5.41) is 6.22. The molecule has 0 radical (unpaired) electrons. The second-order valence-electron chi connectivity index (χ2n) is 3.82. The summed E-state index contributed by atoms with van der Waals surface area (Å²) in [5.74, 6) is 2.01. The number of carbonyl (C=O) groups is 1. The van der Waals surface area contributed by atoms with E-state index in [0.717, 1.165) is 24.5 Å². The molecule has 1 saturated carbocycles. The highest BCUT2D eigenvalue weighted by atomic mass is 32.2. The van der Waals surface area contributed by atoms with Crippen molar-refractivity contribution < 1.29 is 4.79 Å². The number of amides is 1. The number of hydrogen-bond donors (Lipinski definition) is 2. The van der Waals surface area contributed by atoms with Crippen LogP contribution in [0.1, 0.15) is 19.8 Å². The van der Waals surface area contributed by atoms with E-state index in [4.69, 9.17) is 0 Å². The molecule has 0 aromatic heterocycles. The van der Waals surface area contributed by atoms with Crippen LogP contribution in [0.2, 0.25) is 0 Å². The fourth-order valence-corrected chi connectivity index (χ4v) is 2.20. The summed E-state index contributed by atoms with van der Waals surface area (Å²) < 4.78 is 0. The lowest BCUT2D eigenvalue weighted by Gasteiger charge is -2.15. The molecule has 0 spiro atoms. The molecule has 12 heavy (non-hydrogen) atoms. The van der Waals surface area contributed by atoms with E-state index < -0.39 is 0 Å². The monoisotopic (exact) mass is 186 g/mol. The van der Waals surface area contributed by atoms with Crippen LogP contribution in [-0.4, -0.2) is 29.1 Å². The van der Waals surface area contributed by atoms with Gasteiger partial charge in [-0.3, -0.25) is 10.1 Å². The summed E-state index contributed by atoms with van der Waals surface area (Å²) >= 11 is 1.78. The Labute approximate surface area is 76.7 Å². The third-order valence-electron chi connectivity index (χ3n) is 2.46. The van der Waals surface area contributed by atoms with Gasteiger partial charge in [-0.05, 0) is 19.8 Å². The van der Waals surface area contributed by atoms with Crippen LogP contribution < -0.4 is 10.6 Å². The maximum Gasteiger partial charge on any atom is 0.238 e. The Morgan fingerprint density at radius 3 is 2.92 bits per heavy atom. The molecular formula is C8H14N2OS. The Bertz CT molecular complexity index is 197. The summed E-state index contributed by atoms with van der Waals surface area (Å²) in [4.78, 5) is 11.5. The molecule has 1 heterocycles. The minimum absolute atomic E-state index is 0.0485. The molecule has 1 atom stereocenters. The number of rotatable bonds is 2. The lowest BCUT2D eigenvalue weighted by Crippen LogP contribution is -2.46. The first-order valence-electron chi connectivity index (χ1n) is 4.33. The zero-order chi connectivity index (χ0) is 8.60. The van der Waals surface area contributed by atoms with E-state index in [0.29, 0.717) is 0 Å². The third-order valence-corrected chi connectivity index (χ3v) is 3.40. The van der Waals surface area contributed by atoms with E-state index in [1.54, 1.807) is 11.8 Å². The van der Waals surface area contributed by atoms with Gasteiger partial charge >= 0.3 is 0 Å². The van der Waals surface area contributed by atoms with Crippen molar-refractivity contribution in [1.29, 1.82) is 0 Å². The lowest BCUT2D eigenvalue weighted by molar-refractivity contribution is -0.123. The Balaban J connectivity index is 1.83. The Kier molecular flexibility index (Phi) is 2.04. The van der Waals surface area contributed by atoms with Crippen LogP contribution in [0.3, 0.4) is 0 Å². The quantitative estimate of drug-likeness (QED) is 0.652. The molecule has 1 unspecified atom stereocenters. The highest BCUT2D eigenvalue weighted by molar-refractivity contribution is 7.99. The minimum Gasteiger partial charge on any atom is -0.350 e. The molecule has 4 heteroatoms. The Morgan fingerprint density at radius 1 is 1.67 bits per heavy atom. The average molecular weight is 186 g/mol. The van der Waals surface area contributed by atoms with Crippen molar-refractivity contribution in [2.24, 2.45) is 0 Å². The highest BCUT2D eigenvalue weighted by Crippen LogP contribution is 2.34. The second-order valence-corrected chi connectivity index (χ2v) is 4.85. The average Bonchev–Trinajstić information content (AvgIpc) is 2.55. The molecule has 68 valence electrons. The second kappa shape index (κ2) is 2.92. The maximum atomic E-state index is 11.5. The van der Waals surface area contributed by atoms with Crippen molar-refractivity contribution in [2.45, 2.75) is 31.3 Å². The summed E-state index contributed by atoms with van der Waals surface area (Å²) in [5.41, 5.74) is 0.131. The van der Waals surface area contributed by atoms with Crippen molar-refractivity contribution in [2.75, 3.05) is 11.6 Å². The van der Waals surface area contributed by atoms with Gasteiger partial charge in [0.25, 0.3) is 0 Å². The van der Waals surface area contributed by atoms with Gasteiger partial charge in [-0.15, -0.1) is 11.8 Å². The molecule has 1 aliphatic heterocycles. The van der Waals surface area contributed by atoms with E-state index in [1.165, 1.54) is 0 Å². The van der Waals surface area contributed by atoms with Crippen LogP contribution in [0, 0.1) is 0 Å². The number of nitrogens with one attached hydrogen (secondary N) is 2. The van der Waals surface area contributed by atoms with Crippen molar-refractivity contribution in [3.8, 4) is 0 Å². The smallest absolute Gasteiger partial charge is 0.238 e. The van der Waals surface area contributed by atoms with Gasteiger partial charge in [0, 0.05) is 17.2 Å². The third kappa shape index (κ3) is 1.75. The van der Waals surface area contributed by atoms with Crippen molar-refractivity contribution >= 4 is 17.7 Å². The van der Waals surface area contributed by atoms with Crippen LogP contribution in [0.5, 0.6) is 0 Å². The van der Waals surface area contributed by atoms with E-state index in [9.17, 15) is 4.79 Å². The molecule has 2 rings (SSSR count). The predicted octanol–water partition coefficient (Wildman–Crippen LogP) is 0.318. The van der Waals surface area contributed by atoms with Crippen LogP contribution >= 0.6 is 11.8 Å². The fourth-order valence-electron chi connectivity index (χ4n) is 1.26. The summed E-state index contributed by atoms with van der Waals surface area (Å²) in [7, 11) is 0. The lowest BCUT2D eigenvalue weighted by atomic mass is 10.2. The first-order valence-corrected chi connectivity index (χ1v) is 5.48. The first kappa shape index (κ1) is 8.38. The van der Waals surface area contributed by atoms with Crippen LogP contribution in [0.25, 0.3) is 0 Å². The van der Waals surface area contributed by atoms with E-state index >= 15 is 0 Å². The molecule has 1 aliphatic carbocycles. The molecule has 2 aliphatic rings. The van der Waals surface area contributed by atoms with Crippen LogP contribution in [-0.2, 0) is 4.79 Å². The topological polar surface area (TPSA) is 41.1 Å². The van der Waals surface area contributed by atoms with Crippen LogP contribution in [0.15, 0.2) is 0 Å². The minimum atomic E-state index is 0.0485. The molecular weight excluding hydrogens is 172 g/mol. The molecule has 2 N–H and O–H groups in total. The van der Waals surface area contributed by atoms with E-state index in [2.05, 4.69) is 17.6 Å². The standard InChI is InChI=1S/C8H14N2OS/c1-8(2-3-8)10-7(11)6-4-12-5-9-6/h6,9H,2-5H2,1H3,(H,10,11). The molecule has 1 amide bonds. The van der Waals surface area contributed by atoms with Gasteiger partial charge in [-0.2, -0.15) is 0 Å².